The van der Waals surface area contributed by atoms with E-state index in [-0.39, 0.29) is 43.7 Å². The molecule has 5 aromatic carbocycles. The van der Waals surface area contributed by atoms with Gasteiger partial charge in [0.1, 0.15) is 12.5 Å². The van der Waals surface area contributed by atoms with Crippen LogP contribution in [0.3, 0.4) is 0 Å². The summed E-state index contributed by atoms with van der Waals surface area (Å²) >= 11 is 40.3. The number of fused-ring (bicyclic) bond motifs is 1. The SMILES string of the molecule is COC(C)Nc1cc(C)ccc1C(=CC1(C=C(c2ccc(Cl)cc2)c2ccc(C)cc2NC(C)OC)OC(=O)c2c(Cl)c(Cl)c(Cl)c(Cl)c21)c1ccc(Cl)cc1. The Morgan fingerprint density at radius 3 is 1.45 bits per heavy atom. The molecule has 56 heavy (non-hydrogen) atoms. The highest BCUT2D eigenvalue weighted by atomic mass is 35.5. The van der Waals surface area contributed by atoms with E-state index in [1.165, 1.54) is 0 Å². The number of nitrogens with one attached hydrogen (secondary N) is 2. The molecule has 12 heteroatoms. The molecule has 290 valence electrons. The zero-order valence-corrected chi connectivity index (χ0v) is 35.8. The number of rotatable bonds is 12. The Morgan fingerprint density at radius 1 is 0.625 bits per heavy atom. The zero-order valence-electron chi connectivity index (χ0n) is 31.3. The molecule has 1 aliphatic rings. The minimum Gasteiger partial charge on any atom is -0.442 e. The van der Waals surface area contributed by atoms with Crippen LogP contribution in [-0.4, -0.2) is 32.6 Å². The van der Waals surface area contributed by atoms with Gasteiger partial charge in [-0.1, -0.05) is 118 Å². The minimum atomic E-state index is -1.75. The first kappa shape index (κ1) is 41.9. The van der Waals surface area contributed by atoms with Crippen molar-refractivity contribution in [3.05, 3.63) is 172 Å². The van der Waals surface area contributed by atoms with E-state index >= 15 is 0 Å². The molecule has 0 spiro atoms. The predicted octanol–water partition coefficient (Wildman–Crippen LogP) is 13.7. The van der Waals surface area contributed by atoms with Crippen LogP contribution in [-0.2, 0) is 19.8 Å². The van der Waals surface area contributed by atoms with Crippen molar-refractivity contribution in [3.63, 3.8) is 0 Å². The summed E-state index contributed by atoms with van der Waals surface area (Å²) in [5.41, 5.74) is 6.37. The number of esters is 1. The standard InChI is InChI=1S/C44H38Cl6N2O4/c1-23-7-17-31(35(19-23)51-25(3)54-5)33(27-9-13-29(45)14-10-27)21-44(38-37(43(53)56-44)39(47)41(49)42(50)40(38)48)22-34(28-11-15-30(46)16-12-28)32-18-8-24(2)20-36(32)52-26(4)55-6/h7-22,25-26,51-52H,1-6H3. The smallest absolute Gasteiger partial charge is 0.341 e. The fourth-order valence-electron chi connectivity index (χ4n) is 6.59. The number of anilines is 2. The third kappa shape index (κ3) is 8.59. The van der Waals surface area contributed by atoms with E-state index in [9.17, 15) is 4.79 Å². The Labute approximate surface area is 357 Å². The van der Waals surface area contributed by atoms with E-state index in [0.29, 0.717) is 21.2 Å². The van der Waals surface area contributed by atoms with Gasteiger partial charge in [-0.15, -0.1) is 0 Å². The number of cyclic esters (lactones) is 1. The lowest BCUT2D eigenvalue weighted by molar-refractivity contribution is 0.0300. The third-order valence-electron chi connectivity index (χ3n) is 9.51. The molecule has 0 saturated carbocycles. The first-order valence-electron chi connectivity index (χ1n) is 17.5. The molecule has 2 unspecified atom stereocenters. The van der Waals surface area contributed by atoms with Gasteiger partial charge < -0.3 is 24.8 Å². The third-order valence-corrected chi connectivity index (χ3v) is 11.8. The van der Waals surface area contributed by atoms with Gasteiger partial charge in [0.05, 0.1) is 25.7 Å². The fraction of sp³-hybridized carbons (Fsp3) is 0.205. The highest BCUT2D eigenvalue weighted by Gasteiger charge is 2.48. The number of hydrogen-bond donors (Lipinski definition) is 2. The molecule has 1 heterocycles. The van der Waals surface area contributed by atoms with Crippen molar-refractivity contribution in [2.45, 2.75) is 45.8 Å². The molecule has 0 fully saturated rings. The Kier molecular flexibility index (Phi) is 13.1. The van der Waals surface area contributed by atoms with Gasteiger partial charge in [0.15, 0.2) is 5.60 Å². The second kappa shape index (κ2) is 17.4. The quantitative estimate of drug-likeness (QED) is 0.0563. The largest absolute Gasteiger partial charge is 0.442 e. The predicted molar refractivity (Wildman–Crippen MR) is 233 cm³/mol. The average molecular weight is 872 g/mol. The van der Waals surface area contributed by atoms with Gasteiger partial charge in [-0.3, -0.25) is 0 Å². The summed E-state index contributed by atoms with van der Waals surface area (Å²) < 4.78 is 17.8. The van der Waals surface area contributed by atoms with E-state index in [1.807, 2.05) is 101 Å². The monoisotopic (exact) mass is 868 g/mol. The summed E-state index contributed by atoms with van der Waals surface area (Å²) in [4.78, 5) is 14.3. The highest BCUT2D eigenvalue weighted by molar-refractivity contribution is 6.53. The van der Waals surface area contributed by atoms with Crippen molar-refractivity contribution in [3.8, 4) is 0 Å². The molecule has 0 aliphatic carbocycles. The molecule has 0 amide bonds. The molecule has 0 radical (unpaired) electrons. The molecular formula is C44H38Cl6N2O4. The molecule has 1 aliphatic heterocycles. The van der Waals surface area contributed by atoms with Gasteiger partial charge in [0, 0.05) is 52.3 Å². The number of carbonyl (C=O) groups excluding carboxylic acids is 1. The summed E-state index contributed by atoms with van der Waals surface area (Å²) in [5.74, 6) is -0.741. The first-order chi connectivity index (χ1) is 26.7. The summed E-state index contributed by atoms with van der Waals surface area (Å²) in [5, 5.41) is 7.86. The molecule has 0 saturated heterocycles. The fourth-order valence-corrected chi connectivity index (χ4v) is 7.92. The Bertz CT molecular complexity index is 2240. The maximum atomic E-state index is 14.3. The molecule has 2 N–H and O–H groups in total. The van der Waals surface area contributed by atoms with Crippen molar-refractivity contribution in [1.82, 2.24) is 0 Å². The van der Waals surface area contributed by atoms with Crippen LogP contribution in [0.25, 0.3) is 11.1 Å². The first-order valence-corrected chi connectivity index (χ1v) is 19.8. The van der Waals surface area contributed by atoms with Crippen LogP contribution in [0.2, 0.25) is 30.1 Å². The second-order valence-electron chi connectivity index (χ2n) is 13.5. The van der Waals surface area contributed by atoms with Crippen LogP contribution in [0.5, 0.6) is 0 Å². The van der Waals surface area contributed by atoms with Gasteiger partial charge in [0.2, 0.25) is 0 Å². The lowest BCUT2D eigenvalue weighted by atomic mass is 9.82. The van der Waals surface area contributed by atoms with Crippen LogP contribution in [0.1, 0.15) is 63.1 Å². The van der Waals surface area contributed by atoms with Crippen LogP contribution in [0.4, 0.5) is 11.4 Å². The minimum absolute atomic E-state index is 0.00463. The van der Waals surface area contributed by atoms with E-state index < -0.39 is 11.6 Å². The number of carbonyl (C=O) groups is 1. The van der Waals surface area contributed by atoms with Crippen molar-refractivity contribution >= 4 is 98.1 Å². The Morgan fingerprint density at radius 2 is 1.04 bits per heavy atom. The number of hydrogen-bond acceptors (Lipinski definition) is 6. The van der Waals surface area contributed by atoms with E-state index in [2.05, 4.69) is 10.6 Å². The molecular weight excluding hydrogens is 833 g/mol. The van der Waals surface area contributed by atoms with Gasteiger partial charge in [-0.2, -0.15) is 0 Å². The van der Waals surface area contributed by atoms with Gasteiger partial charge in [0.25, 0.3) is 0 Å². The number of halogens is 6. The van der Waals surface area contributed by atoms with Crippen molar-refractivity contribution < 1.29 is 19.0 Å². The lowest BCUT2D eigenvalue weighted by Gasteiger charge is -2.29. The number of methoxy groups -OCH3 is 2. The van der Waals surface area contributed by atoms with Crippen molar-refractivity contribution in [2.24, 2.45) is 0 Å². The zero-order chi connectivity index (χ0) is 40.5. The molecule has 6 nitrogen and oxygen atoms in total. The molecule has 0 aromatic heterocycles. The van der Waals surface area contributed by atoms with E-state index in [4.69, 9.17) is 83.8 Å². The van der Waals surface area contributed by atoms with E-state index in [1.54, 1.807) is 38.5 Å². The van der Waals surface area contributed by atoms with Crippen LogP contribution >= 0.6 is 69.6 Å². The molecule has 5 aromatic rings. The average Bonchev–Trinajstić information content (AvgIpc) is 3.46. The molecule has 6 rings (SSSR count). The molecule has 2 atom stereocenters. The number of benzene rings is 5. The summed E-state index contributed by atoms with van der Waals surface area (Å²) in [7, 11) is 3.25. The topological polar surface area (TPSA) is 68.8 Å². The maximum Gasteiger partial charge on any atom is 0.341 e. The van der Waals surface area contributed by atoms with Crippen LogP contribution < -0.4 is 10.6 Å². The number of aryl methyl sites for hydroxylation is 2. The van der Waals surface area contributed by atoms with Crippen LogP contribution in [0, 0.1) is 13.8 Å². The van der Waals surface area contributed by atoms with Crippen molar-refractivity contribution in [1.29, 1.82) is 0 Å². The summed E-state index contributed by atoms with van der Waals surface area (Å²) in [6.07, 6.45) is 3.01. The van der Waals surface area contributed by atoms with E-state index in [0.717, 1.165) is 44.8 Å². The van der Waals surface area contributed by atoms with Crippen molar-refractivity contribution in [2.75, 3.05) is 24.9 Å². The Hall–Kier alpha value is -3.69. The Balaban J connectivity index is 1.81. The maximum absolute atomic E-state index is 14.3. The number of ether oxygens (including phenoxy) is 3. The van der Waals surface area contributed by atoms with Gasteiger partial charge in [-0.05, 0) is 110 Å². The van der Waals surface area contributed by atoms with Gasteiger partial charge >= 0.3 is 5.97 Å². The molecule has 0 bridgehead atoms. The van der Waals surface area contributed by atoms with Gasteiger partial charge in [-0.25, -0.2) is 4.79 Å². The summed E-state index contributed by atoms with van der Waals surface area (Å²) in [6.45, 7) is 7.81. The highest BCUT2D eigenvalue weighted by Crippen LogP contribution is 2.54. The lowest BCUT2D eigenvalue weighted by Crippen LogP contribution is -2.24. The second-order valence-corrected chi connectivity index (χ2v) is 15.8. The normalized spacial score (nSPS) is 16.7. The van der Waals surface area contributed by atoms with Crippen LogP contribution in [0.15, 0.2) is 97.1 Å². The summed E-state index contributed by atoms with van der Waals surface area (Å²) in [6, 6.07) is 26.8.